The maximum atomic E-state index is 11.9. The summed E-state index contributed by atoms with van der Waals surface area (Å²) in [6, 6.07) is 5.12. The van der Waals surface area contributed by atoms with Crippen LogP contribution in [0.3, 0.4) is 0 Å². The topological polar surface area (TPSA) is 60.2 Å². The minimum atomic E-state index is -0.357. The van der Waals surface area contributed by atoms with Gasteiger partial charge in [-0.3, -0.25) is 14.9 Å². The molecule has 0 aliphatic heterocycles. The second-order valence-corrected chi connectivity index (χ2v) is 5.57. The number of Topliss-reactive ketones (excluding diaryl/α,β-unsaturated/α-hetero) is 1. The lowest BCUT2D eigenvalue weighted by Crippen LogP contribution is -2.25. The van der Waals surface area contributed by atoms with Crippen molar-refractivity contribution in [2.24, 2.45) is 11.8 Å². The van der Waals surface area contributed by atoms with E-state index in [0.717, 1.165) is 18.4 Å². The Balaban J connectivity index is 2.21. The number of carbonyl (C=O) groups excluding carboxylic acids is 1. The molecule has 0 radical (unpaired) electrons. The molecule has 0 spiro atoms. The highest BCUT2D eigenvalue weighted by atomic mass is 16.6. The second-order valence-electron chi connectivity index (χ2n) is 5.57. The van der Waals surface area contributed by atoms with Gasteiger partial charge in [0.05, 0.1) is 4.92 Å². The minimum Gasteiger partial charge on any atom is -0.299 e. The zero-order valence-corrected chi connectivity index (χ0v) is 11.4. The van der Waals surface area contributed by atoms with E-state index in [9.17, 15) is 14.9 Å². The van der Waals surface area contributed by atoms with Crippen LogP contribution >= 0.6 is 0 Å². The first-order valence-electron chi connectivity index (χ1n) is 6.74. The standard InChI is InChI=1S/C15H19NO3/c1-10-6-7-15(17)13(8-10)9-12-4-3-5-14(11(12)2)16(18)19/h3-5,10,13H,6-9H2,1-2H3. The van der Waals surface area contributed by atoms with Gasteiger partial charge in [-0.25, -0.2) is 0 Å². The van der Waals surface area contributed by atoms with Crippen LogP contribution in [0.15, 0.2) is 18.2 Å². The molecule has 0 heterocycles. The van der Waals surface area contributed by atoms with Crippen molar-refractivity contribution >= 4 is 11.5 Å². The number of nitrogens with zero attached hydrogens (tertiary/aromatic N) is 1. The molecule has 102 valence electrons. The third-order valence-electron chi connectivity index (χ3n) is 4.11. The summed E-state index contributed by atoms with van der Waals surface area (Å²) in [7, 11) is 0. The average molecular weight is 261 g/mol. The lowest BCUT2D eigenvalue weighted by molar-refractivity contribution is -0.385. The molecule has 0 N–H and O–H groups in total. The first kappa shape index (κ1) is 13.7. The van der Waals surface area contributed by atoms with Gasteiger partial charge < -0.3 is 0 Å². The van der Waals surface area contributed by atoms with Crippen LogP contribution in [0.1, 0.15) is 37.3 Å². The van der Waals surface area contributed by atoms with Crippen LogP contribution < -0.4 is 0 Å². The van der Waals surface area contributed by atoms with E-state index in [0.29, 0.717) is 30.1 Å². The van der Waals surface area contributed by atoms with Gasteiger partial charge in [0.25, 0.3) is 5.69 Å². The number of nitro benzene ring substituents is 1. The van der Waals surface area contributed by atoms with Crippen molar-refractivity contribution in [3.8, 4) is 0 Å². The largest absolute Gasteiger partial charge is 0.299 e. The third-order valence-corrected chi connectivity index (χ3v) is 4.11. The van der Waals surface area contributed by atoms with Crippen LogP contribution in [-0.2, 0) is 11.2 Å². The number of rotatable bonds is 3. The van der Waals surface area contributed by atoms with Gasteiger partial charge >= 0.3 is 0 Å². The van der Waals surface area contributed by atoms with Gasteiger partial charge in [0.2, 0.25) is 0 Å². The summed E-state index contributed by atoms with van der Waals surface area (Å²) in [5.41, 5.74) is 1.77. The fourth-order valence-electron chi connectivity index (χ4n) is 2.88. The number of hydrogen-bond acceptors (Lipinski definition) is 3. The predicted molar refractivity (Wildman–Crippen MR) is 73.0 cm³/mol. The van der Waals surface area contributed by atoms with Crippen molar-refractivity contribution in [2.45, 2.75) is 39.5 Å². The van der Waals surface area contributed by atoms with Crippen LogP contribution in [0.25, 0.3) is 0 Å². The third kappa shape index (κ3) is 3.00. The Morgan fingerprint density at radius 1 is 1.42 bits per heavy atom. The van der Waals surface area contributed by atoms with Gasteiger partial charge in [-0.15, -0.1) is 0 Å². The SMILES string of the molecule is Cc1c(CC2CC(C)CCC2=O)cccc1[N+](=O)[O-]. The summed E-state index contributed by atoms with van der Waals surface area (Å²) >= 11 is 0. The molecule has 2 atom stereocenters. The smallest absolute Gasteiger partial charge is 0.272 e. The van der Waals surface area contributed by atoms with E-state index in [1.165, 1.54) is 6.07 Å². The van der Waals surface area contributed by atoms with Crippen LogP contribution in [-0.4, -0.2) is 10.7 Å². The zero-order valence-electron chi connectivity index (χ0n) is 11.4. The molecule has 0 bridgehead atoms. The van der Waals surface area contributed by atoms with E-state index < -0.39 is 0 Å². The van der Waals surface area contributed by atoms with E-state index >= 15 is 0 Å². The summed E-state index contributed by atoms with van der Waals surface area (Å²) in [6.45, 7) is 3.93. The average Bonchev–Trinajstić information content (AvgIpc) is 2.36. The monoisotopic (exact) mass is 261 g/mol. The highest BCUT2D eigenvalue weighted by molar-refractivity contribution is 5.82. The summed E-state index contributed by atoms with van der Waals surface area (Å²) in [5.74, 6) is 0.912. The van der Waals surface area contributed by atoms with Gasteiger partial charge in [0, 0.05) is 24.0 Å². The second kappa shape index (κ2) is 5.51. The molecule has 2 rings (SSSR count). The Bertz CT molecular complexity index is 510. The van der Waals surface area contributed by atoms with E-state index in [2.05, 4.69) is 6.92 Å². The summed E-state index contributed by atoms with van der Waals surface area (Å²) < 4.78 is 0. The van der Waals surface area contributed by atoms with E-state index in [4.69, 9.17) is 0 Å². The Hall–Kier alpha value is -1.71. The Morgan fingerprint density at radius 2 is 2.16 bits per heavy atom. The van der Waals surface area contributed by atoms with Crippen molar-refractivity contribution in [2.75, 3.05) is 0 Å². The molecule has 1 saturated carbocycles. The fourth-order valence-corrected chi connectivity index (χ4v) is 2.88. The first-order chi connectivity index (χ1) is 8.99. The maximum Gasteiger partial charge on any atom is 0.272 e. The Morgan fingerprint density at radius 3 is 2.84 bits per heavy atom. The maximum absolute atomic E-state index is 11.9. The van der Waals surface area contributed by atoms with Crippen LogP contribution in [0.4, 0.5) is 5.69 Å². The molecule has 1 aliphatic carbocycles. The van der Waals surface area contributed by atoms with Gasteiger partial charge in [-0.1, -0.05) is 19.1 Å². The molecular formula is C15H19NO3. The molecule has 4 heteroatoms. The van der Waals surface area contributed by atoms with Gasteiger partial charge in [-0.05, 0) is 37.7 Å². The van der Waals surface area contributed by atoms with Crippen LogP contribution in [0, 0.1) is 28.9 Å². The number of ketones is 1. The van der Waals surface area contributed by atoms with E-state index in [1.807, 2.05) is 6.07 Å². The Kier molecular flexibility index (Phi) is 3.98. The quantitative estimate of drug-likeness (QED) is 0.618. The molecular weight excluding hydrogens is 242 g/mol. The van der Waals surface area contributed by atoms with Crippen molar-refractivity contribution < 1.29 is 9.72 Å². The molecule has 1 fully saturated rings. The van der Waals surface area contributed by atoms with Gasteiger partial charge in [0.1, 0.15) is 5.78 Å². The van der Waals surface area contributed by atoms with Crippen molar-refractivity contribution in [1.82, 2.24) is 0 Å². The summed E-state index contributed by atoms with van der Waals surface area (Å²) in [5, 5.41) is 10.9. The molecule has 0 amide bonds. The molecule has 19 heavy (non-hydrogen) atoms. The molecule has 1 aliphatic rings. The molecule has 1 aromatic rings. The lowest BCUT2D eigenvalue weighted by atomic mass is 9.78. The first-order valence-corrected chi connectivity index (χ1v) is 6.74. The molecule has 4 nitrogen and oxygen atoms in total. The number of hydrogen-bond donors (Lipinski definition) is 0. The zero-order chi connectivity index (χ0) is 14.0. The molecule has 0 aromatic heterocycles. The molecule has 0 saturated heterocycles. The summed E-state index contributed by atoms with van der Waals surface area (Å²) in [6.07, 6.45) is 3.17. The highest BCUT2D eigenvalue weighted by Gasteiger charge is 2.27. The van der Waals surface area contributed by atoms with Gasteiger partial charge in [-0.2, -0.15) is 0 Å². The number of nitro groups is 1. The van der Waals surface area contributed by atoms with Gasteiger partial charge in [0.15, 0.2) is 0 Å². The highest BCUT2D eigenvalue weighted by Crippen LogP contribution is 2.31. The van der Waals surface area contributed by atoms with E-state index in [-0.39, 0.29) is 16.5 Å². The predicted octanol–water partition coefficient (Wildman–Crippen LogP) is 3.45. The Labute approximate surface area is 113 Å². The van der Waals surface area contributed by atoms with Crippen molar-refractivity contribution in [3.05, 3.63) is 39.4 Å². The van der Waals surface area contributed by atoms with Crippen LogP contribution in [0.2, 0.25) is 0 Å². The van der Waals surface area contributed by atoms with E-state index in [1.54, 1.807) is 13.0 Å². The normalized spacial score (nSPS) is 23.4. The number of carbonyl (C=O) groups is 1. The summed E-state index contributed by atoms with van der Waals surface area (Å²) in [4.78, 5) is 22.5. The minimum absolute atomic E-state index is 0.0319. The number of benzene rings is 1. The van der Waals surface area contributed by atoms with Crippen molar-refractivity contribution in [3.63, 3.8) is 0 Å². The fraction of sp³-hybridized carbons (Fsp3) is 0.533. The van der Waals surface area contributed by atoms with Crippen LogP contribution in [0.5, 0.6) is 0 Å². The molecule has 2 unspecified atom stereocenters. The molecule has 1 aromatic carbocycles. The van der Waals surface area contributed by atoms with Crippen molar-refractivity contribution in [1.29, 1.82) is 0 Å². The lowest BCUT2D eigenvalue weighted by Gasteiger charge is -2.26.